The molecule has 15 heteroatoms. The van der Waals surface area contributed by atoms with E-state index in [-0.39, 0.29) is 37.0 Å². The largest absolute Gasteiger partial charge is 0.494 e. The van der Waals surface area contributed by atoms with Gasteiger partial charge in [-0.05, 0) is 67.6 Å². The van der Waals surface area contributed by atoms with Gasteiger partial charge in [0.1, 0.15) is 5.75 Å². The number of anilines is 3. The third kappa shape index (κ3) is 11.0. The Labute approximate surface area is 265 Å². The highest BCUT2D eigenvalue weighted by Gasteiger charge is 2.29. The van der Waals surface area contributed by atoms with Gasteiger partial charge in [-0.25, -0.2) is 4.79 Å². The van der Waals surface area contributed by atoms with Crippen LogP contribution in [0.15, 0.2) is 48.5 Å². The molecule has 12 nitrogen and oxygen atoms in total. The fourth-order valence-corrected chi connectivity index (χ4v) is 4.37. The maximum Gasteiger partial charge on any atom is 0.422 e. The molecule has 0 saturated carbocycles. The van der Waals surface area contributed by atoms with Crippen LogP contribution in [0.2, 0.25) is 0 Å². The topological polar surface area (TPSA) is 140 Å². The Bertz CT molecular complexity index is 1470. The lowest BCUT2D eigenvalue weighted by atomic mass is 9.92. The molecule has 5 heterocycles. The van der Waals surface area contributed by atoms with E-state index in [2.05, 4.69) is 30.9 Å². The minimum Gasteiger partial charge on any atom is -0.494 e. The van der Waals surface area contributed by atoms with Crippen molar-refractivity contribution in [3.8, 4) is 11.8 Å². The minimum absolute atomic E-state index is 0.0105. The van der Waals surface area contributed by atoms with Crippen molar-refractivity contribution in [1.29, 1.82) is 0 Å². The molecule has 3 N–H and O–H groups in total. The summed E-state index contributed by atoms with van der Waals surface area (Å²) in [4.78, 5) is 39.7. The molecular weight excluding hydrogens is 607 g/mol. The molecule has 0 radical (unpaired) electrons. The smallest absolute Gasteiger partial charge is 0.422 e. The maximum atomic E-state index is 13.0. The Morgan fingerprint density at radius 2 is 1.72 bits per heavy atom. The standard InChI is InChI=1S/C31H38F3N7O5/c1-20(2)46-29(43)41-14-5-15-44-24-12-6-21(7-13-24)16-35-26-38-27(40-28(39-26)45-19-31(32,33)34)37-23-10-8-22(9-11-23)25(42)36-17-30(3,4)18-41/h6-13,20H,5,14-19H2,1-4H3,(H,36,42)(H2,35,37,38,39,40). The lowest BCUT2D eigenvalue weighted by Gasteiger charge is -2.33. The molecule has 1 aromatic heterocycles. The number of aromatic nitrogens is 3. The fraction of sp³-hybridized carbons (Fsp3) is 0.452. The Balaban J connectivity index is 1.58. The summed E-state index contributed by atoms with van der Waals surface area (Å²) in [6.07, 6.45) is -4.76. The van der Waals surface area contributed by atoms with Crippen molar-refractivity contribution in [3.05, 3.63) is 59.7 Å². The maximum absolute atomic E-state index is 13.0. The zero-order chi connectivity index (χ0) is 33.3. The summed E-state index contributed by atoms with van der Waals surface area (Å²) < 4.78 is 54.6. The number of halogens is 3. The summed E-state index contributed by atoms with van der Waals surface area (Å²) in [5.74, 6) is 0.229. The van der Waals surface area contributed by atoms with E-state index >= 15 is 0 Å². The number of amides is 2. The molecule has 7 rings (SSSR count). The molecule has 4 aliphatic heterocycles. The van der Waals surface area contributed by atoms with E-state index in [4.69, 9.17) is 14.2 Å². The zero-order valence-electron chi connectivity index (χ0n) is 26.1. The van der Waals surface area contributed by atoms with Crippen molar-refractivity contribution in [2.45, 2.75) is 52.9 Å². The van der Waals surface area contributed by atoms with Crippen LogP contribution in [0.4, 0.5) is 35.5 Å². The van der Waals surface area contributed by atoms with Gasteiger partial charge in [0.25, 0.3) is 5.91 Å². The van der Waals surface area contributed by atoms with E-state index in [1.54, 1.807) is 55.1 Å². The van der Waals surface area contributed by atoms with Crippen molar-refractivity contribution in [2.24, 2.45) is 5.41 Å². The van der Waals surface area contributed by atoms with Crippen LogP contribution < -0.4 is 25.4 Å². The highest BCUT2D eigenvalue weighted by Crippen LogP contribution is 2.22. The molecule has 0 fully saturated rings. The fourth-order valence-electron chi connectivity index (χ4n) is 4.37. The van der Waals surface area contributed by atoms with Crippen molar-refractivity contribution in [2.75, 3.05) is 43.5 Å². The van der Waals surface area contributed by atoms with Gasteiger partial charge in [-0.15, -0.1) is 0 Å². The van der Waals surface area contributed by atoms with Crippen LogP contribution >= 0.6 is 0 Å². The molecule has 2 amide bonds. The Morgan fingerprint density at radius 3 is 2.39 bits per heavy atom. The summed E-state index contributed by atoms with van der Waals surface area (Å²) in [6.45, 7) is 7.50. The number of hydrogen-bond acceptors (Lipinski definition) is 10. The molecule has 248 valence electrons. The van der Waals surface area contributed by atoms with Gasteiger partial charge >= 0.3 is 18.3 Å². The second kappa shape index (κ2) is 15.0. The second-order valence-electron chi connectivity index (χ2n) is 11.8. The van der Waals surface area contributed by atoms with E-state index in [9.17, 15) is 22.8 Å². The van der Waals surface area contributed by atoms with Crippen molar-refractivity contribution >= 4 is 29.6 Å². The summed E-state index contributed by atoms with van der Waals surface area (Å²) in [5.41, 5.74) is 1.18. The van der Waals surface area contributed by atoms with Gasteiger partial charge in [0.2, 0.25) is 11.9 Å². The van der Waals surface area contributed by atoms with Crippen molar-refractivity contribution < 1.29 is 37.0 Å². The molecule has 2 aromatic carbocycles. The van der Waals surface area contributed by atoms with Gasteiger partial charge in [-0.1, -0.05) is 26.0 Å². The molecule has 6 bridgehead atoms. The van der Waals surface area contributed by atoms with Crippen LogP contribution in [-0.4, -0.2) is 77.0 Å². The Morgan fingerprint density at radius 1 is 1.02 bits per heavy atom. The quantitative estimate of drug-likeness (QED) is 0.332. The molecular formula is C31H38F3N7O5. The average molecular weight is 646 g/mol. The second-order valence-corrected chi connectivity index (χ2v) is 11.8. The van der Waals surface area contributed by atoms with Gasteiger partial charge in [-0.2, -0.15) is 28.1 Å². The molecule has 0 spiro atoms. The molecule has 46 heavy (non-hydrogen) atoms. The van der Waals surface area contributed by atoms with E-state index < -0.39 is 30.3 Å². The van der Waals surface area contributed by atoms with E-state index in [0.29, 0.717) is 43.1 Å². The van der Waals surface area contributed by atoms with Crippen LogP contribution in [0.3, 0.4) is 0 Å². The molecule has 0 aliphatic carbocycles. The number of rotatable bonds is 3. The highest BCUT2D eigenvalue weighted by atomic mass is 19.4. The average Bonchev–Trinajstić information content (AvgIpc) is 2.99. The van der Waals surface area contributed by atoms with Gasteiger partial charge < -0.3 is 35.1 Å². The van der Waals surface area contributed by atoms with Crippen LogP contribution in [0.1, 0.15) is 50.0 Å². The van der Waals surface area contributed by atoms with E-state index in [0.717, 1.165) is 5.56 Å². The van der Waals surface area contributed by atoms with Crippen LogP contribution in [0.5, 0.6) is 11.8 Å². The van der Waals surface area contributed by atoms with Crippen molar-refractivity contribution in [1.82, 2.24) is 25.2 Å². The number of benzene rings is 2. The lowest BCUT2D eigenvalue weighted by molar-refractivity contribution is -0.154. The summed E-state index contributed by atoms with van der Waals surface area (Å²) in [7, 11) is 0. The first kappa shape index (κ1) is 34.1. The molecule has 0 saturated heterocycles. The first-order valence-electron chi connectivity index (χ1n) is 14.8. The number of nitrogens with zero attached hydrogens (tertiary/aromatic N) is 4. The molecule has 0 unspecified atom stereocenters. The first-order valence-corrected chi connectivity index (χ1v) is 14.8. The number of hydrogen-bond donors (Lipinski definition) is 3. The van der Waals surface area contributed by atoms with Crippen LogP contribution in [-0.2, 0) is 11.3 Å². The van der Waals surface area contributed by atoms with Gasteiger partial charge in [-0.3, -0.25) is 4.79 Å². The van der Waals surface area contributed by atoms with Gasteiger partial charge in [0, 0.05) is 37.4 Å². The summed E-state index contributed by atoms with van der Waals surface area (Å²) in [6, 6.07) is 13.1. The zero-order valence-corrected chi connectivity index (χ0v) is 26.1. The third-order valence-corrected chi connectivity index (χ3v) is 6.54. The lowest BCUT2D eigenvalue weighted by Crippen LogP contribution is -2.45. The molecule has 4 aliphatic rings. The Hall–Kier alpha value is -4.82. The SMILES string of the molecule is CC(C)OC(=O)N1CCCOc2ccc(cc2)CNc2nc(nc(OCC(F)(F)F)n2)Nc2ccc(cc2)C(=O)NCC(C)(C)C1. The predicted molar refractivity (Wildman–Crippen MR) is 164 cm³/mol. The van der Waals surface area contributed by atoms with Crippen LogP contribution in [0, 0.1) is 5.41 Å². The number of alkyl halides is 3. The normalized spacial score (nSPS) is 16.0. The molecule has 0 atom stereocenters. The van der Waals surface area contributed by atoms with Crippen LogP contribution in [0.25, 0.3) is 0 Å². The monoisotopic (exact) mass is 645 g/mol. The van der Waals surface area contributed by atoms with Gasteiger partial charge in [0.15, 0.2) is 6.61 Å². The van der Waals surface area contributed by atoms with E-state index in [1.165, 1.54) is 0 Å². The Kier molecular flexibility index (Phi) is 11.1. The van der Waals surface area contributed by atoms with E-state index in [1.807, 2.05) is 26.0 Å². The number of nitrogens with one attached hydrogen (secondary N) is 3. The summed E-state index contributed by atoms with van der Waals surface area (Å²) >= 11 is 0. The minimum atomic E-state index is -4.58. The predicted octanol–water partition coefficient (Wildman–Crippen LogP) is 5.55. The number of ether oxygens (including phenoxy) is 3. The summed E-state index contributed by atoms with van der Waals surface area (Å²) in [5, 5.41) is 8.82. The third-order valence-electron chi connectivity index (χ3n) is 6.54. The number of carbonyl (C=O) groups excluding carboxylic acids is 2. The number of carbonyl (C=O) groups is 2. The van der Waals surface area contributed by atoms with Crippen molar-refractivity contribution in [3.63, 3.8) is 0 Å². The first-order chi connectivity index (χ1) is 21.7. The highest BCUT2D eigenvalue weighted by molar-refractivity contribution is 5.94. The molecule has 3 aromatic rings. The van der Waals surface area contributed by atoms with Gasteiger partial charge in [0.05, 0.1) is 12.7 Å².